The molecule has 31 heavy (non-hydrogen) atoms. The van der Waals surface area contributed by atoms with Gasteiger partial charge >= 0.3 is 12.1 Å². The predicted molar refractivity (Wildman–Crippen MR) is 104 cm³/mol. The smallest absolute Gasteiger partial charge is 0.453 e. The van der Waals surface area contributed by atoms with E-state index in [0.29, 0.717) is 36.3 Å². The molecular formula is C19H25F3N6O3. The maximum Gasteiger partial charge on any atom is 0.453 e. The fourth-order valence-electron chi connectivity index (χ4n) is 3.49. The van der Waals surface area contributed by atoms with Crippen molar-refractivity contribution in [2.24, 2.45) is 5.92 Å². The van der Waals surface area contributed by atoms with E-state index in [-0.39, 0.29) is 30.1 Å². The second kappa shape index (κ2) is 9.48. The fraction of sp³-hybridized carbons (Fsp3) is 0.632. The van der Waals surface area contributed by atoms with Gasteiger partial charge in [-0.2, -0.15) is 17.7 Å². The molecule has 1 fully saturated rings. The van der Waals surface area contributed by atoms with Crippen LogP contribution in [0.4, 0.5) is 19.0 Å². The van der Waals surface area contributed by atoms with Gasteiger partial charge in [0.15, 0.2) is 12.3 Å². The first-order valence-electron chi connectivity index (χ1n) is 10.2. The first-order valence-corrected chi connectivity index (χ1v) is 10.2. The highest BCUT2D eigenvalue weighted by atomic mass is 19.4. The van der Waals surface area contributed by atoms with Crippen LogP contribution in [0, 0.1) is 5.92 Å². The summed E-state index contributed by atoms with van der Waals surface area (Å²) in [6.45, 7) is 4.45. The lowest BCUT2D eigenvalue weighted by Crippen LogP contribution is -2.40. The summed E-state index contributed by atoms with van der Waals surface area (Å²) in [7, 11) is 0. The molecule has 1 saturated heterocycles. The van der Waals surface area contributed by atoms with Gasteiger partial charge in [0.2, 0.25) is 0 Å². The number of aromatic nitrogens is 4. The fourth-order valence-corrected chi connectivity index (χ4v) is 3.49. The Kier molecular flexibility index (Phi) is 6.96. The van der Waals surface area contributed by atoms with Crippen LogP contribution in [0.5, 0.6) is 0 Å². The highest BCUT2D eigenvalue weighted by molar-refractivity contribution is 5.81. The van der Waals surface area contributed by atoms with Crippen LogP contribution in [0.15, 0.2) is 12.1 Å². The minimum Gasteiger partial charge on any atom is -0.455 e. The van der Waals surface area contributed by atoms with Gasteiger partial charge in [0.25, 0.3) is 11.7 Å². The van der Waals surface area contributed by atoms with Crippen molar-refractivity contribution in [3.8, 4) is 0 Å². The van der Waals surface area contributed by atoms with E-state index >= 15 is 0 Å². The van der Waals surface area contributed by atoms with E-state index in [0.717, 1.165) is 12.8 Å². The molecule has 1 N–H and O–H groups in total. The van der Waals surface area contributed by atoms with E-state index in [2.05, 4.69) is 20.6 Å². The van der Waals surface area contributed by atoms with Crippen LogP contribution in [0.1, 0.15) is 45.4 Å². The zero-order chi connectivity index (χ0) is 22.6. The number of fused-ring (bicyclic) bond motifs is 1. The van der Waals surface area contributed by atoms with E-state index in [9.17, 15) is 22.8 Å². The van der Waals surface area contributed by atoms with Gasteiger partial charge in [0.05, 0.1) is 5.92 Å². The first-order chi connectivity index (χ1) is 14.7. The molecule has 0 saturated carbocycles. The van der Waals surface area contributed by atoms with Gasteiger partial charge in [-0.15, -0.1) is 15.3 Å². The van der Waals surface area contributed by atoms with Crippen molar-refractivity contribution < 1.29 is 27.5 Å². The summed E-state index contributed by atoms with van der Waals surface area (Å²) in [5, 5.41) is 13.5. The molecule has 12 heteroatoms. The molecule has 170 valence electrons. The average Bonchev–Trinajstić information content (AvgIpc) is 3.19. The van der Waals surface area contributed by atoms with Gasteiger partial charge in [-0.3, -0.25) is 9.59 Å². The highest BCUT2D eigenvalue weighted by Crippen LogP contribution is 2.28. The maximum absolute atomic E-state index is 13.0. The summed E-state index contributed by atoms with van der Waals surface area (Å²) in [5.41, 5.74) is 0.00111. The Morgan fingerprint density at radius 1 is 1.19 bits per heavy atom. The number of ether oxygens (including phenoxy) is 1. The Morgan fingerprint density at radius 2 is 1.87 bits per heavy atom. The van der Waals surface area contributed by atoms with Gasteiger partial charge in [-0.1, -0.05) is 13.8 Å². The van der Waals surface area contributed by atoms with E-state index in [1.807, 2.05) is 13.8 Å². The number of hydrogen-bond acceptors (Lipinski definition) is 7. The van der Waals surface area contributed by atoms with Crippen LogP contribution in [-0.4, -0.2) is 57.4 Å². The zero-order valence-electron chi connectivity index (χ0n) is 17.4. The number of rotatable bonds is 7. The average molecular weight is 442 g/mol. The molecule has 0 atom stereocenters. The molecule has 0 spiro atoms. The minimum absolute atomic E-state index is 0.00111. The van der Waals surface area contributed by atoms with E-state index in [1.165, 1.54) is 6.07 Å². The van der Waals surface area contributed by atoms with Gasteiger partial charge in [-0.05, 0) is 37.8 Å². The molecule has 0 unspecified atom stereocenters. The topological polar surface area (TPSA) is 102 Å². The molecule has 1 aliphatic rings. The summed E-state index contributed by atoms with van der Waals surface area (Å²) >= 11 is 0. The number of nitrogens with zero attached hydrogens (tertiary/aromatic N) is 5. The van der Waals surface area contributed by atoms with Crippen molar-refractivity contribution in [3.63, 3.8) is 0 Å². The Balaban J connectivity index is 1.54. The first kappa shape index (κ1) is 22.8. The van der Waals surface area contributed by atoms with Crippen LogP contribution in [0.25, 0.3) is 5.65 Å². The molecule has 3 rings (SSSR count). The molecule has 2 aromatic heterocycles. The van der Waals surface area contributed by atoms with Crippen molar-refractivity contribution in [2.45, 2.75) is 51.7 Å². The Labute approximate surface area is 176 Å². The molecule has 0 aromatic carbocycles. The number of carbonyl (C=O) groups is 2. The quantitative estimate of drug-likeness (QED) is 0.656. The molecule has 0 bridgehead atoms. The zero-order valence-corrected chi connectivity index (χ0v) is 17.4. The number of halogens is 3. The predicted octanol–water partition coefficient (Wildman–Crippen LogP) is 2.21. The lowest BCUT2D eigenvalue weighted by molar-refractivity contribution is -0.153. The SMILES string of the molecule is CCC(CC)NC(=O)COC(=O)C1CCN(c2ccc3nnc(C(F)(F)F)n3n2)CC1. The third-order valence-corrected chi connectivity index (χ3v) is 5.35. The van der Waals surface area contributed by atoms with E-state index in [4.69, 9.17) is 4.74 Å². The number of alkyl halides is 3. The number of anilines is 1. The third-order valence-electron chi connectivity index (χ3n) is 5.35. The summed E-state index contributed by atoms with van der Waals surface area (Å²) in [6.07, 6.45) is -2.17. The van der Waals surface area contributed by atoms with Crippen LogP contribution in [-0.2, 0) is 20.5 Å². The molecule has 1 amide bonds. The van der Waals surface area contributed by atoms with Crippen LogP contribution in [0.2, 0.25) is 0 Å². The Morgan fingerprint density at radius 3 is 2.48 bits per heavy atom. The maximum atomic E-state index is 13.0. The third kappa shape index (κ3) is 5.42. The summed E-state index contributed by atoms with van der Waals surface area (Å²) in [5.74, 6) is -1.99. The normalized spacial score (nSPS) is 15.5. The van der Waals surface area contributed by atoms with Crippen molar-refractivity contribution in [1.29, 1.82) is 0 Å². The number of nitrogens with one attached hydrogen (secondary N) is 1. The molecule has 0 radical (unpaired) electrons. The summed E-state index contributed by atoms with van der Waals surface area (Å²) in [4.78, 5) is 26.0. The number of carbonyl (C=O) groups excluding carboxylic acids is 2. The molecule has 0 aliphatic carbocycles. The van der Waals surface area contributed by atoms with Crippen molar-refractivity contribution in [3.05, 3.63) is 18.0 Å². The van der Waals surface area contributed by atoms with Crippen LogP contribution < -0.4 is 10.2 Å². The standard InChI is InChI=1S/C19H25F3N6O3/c1-3-13(4-2)23-16(29)11-31-17(30)12-7-9-27(10-8-12)15-6-5-14-24-25-18(19(20,21)22)28(14)26-15/h5-6,12-13H,3-4,7-11H2,1-2H3,(H,23,29). The van der Waals surface area contributed by atoms with Crippen LogP contribution >= 0.6 is 0 Å². The number of esters is 1. The Bertz CT molecular complexity index is 920. The minimum atomic E-state index is -4.66. The van der Waals surface area contributed by atoms with Crippen molar-refractivity contribution in [1.82, 2.24) is 25.1 Å². The lowest BCUT2D eigenvalue weighted by atomic mass is 9.97. The number of piperidine rings is 1. The van der Waals surface area contributed by atoms with Gasteiger partial charge in [-0.25, -0.2) is 0 Å². The second-order valence-corrected chi connectivity index (χ2v) is 7.43. The van der Waals surface area contributed by atoms with E-state index < -0.39 is 18.0 Å². The van der Waals surface area contributed by atoms with E-state index in [1.54, 1.807) is 11.0 Å². The van der Waals surface area contributed by atoms with Gasteiger partial charge in [0, 0.05) is 19.1 Å². The highest BCUT2D eigenvalue weighted by Gasteiger charge is 2.38. The number of hydrogen-bond donors (Lipinski definition) is 1. The monoisotopic (exact) mass is 442 g/mol. The molecule has 2 aromatic rings. The summed E-state index contributed by atoms with van der Waals surface area (Å²) < 4.78 is 45.0. The largest absolute Gasteiger partial charge is 0.455 e. The number of amides is 1. The van der Waals surface area contributed by atoms with Crippen molar-refractivity contribution >= 4 is 23.3 Å². The second-order valence-electron chi connectivity index (χ2n) is 7.43. The van der Waals surface area contributed by atoms with Crippen LogP contribution in [0.3, 0.4) is 0 Å². The molecule has 3 heterocycles. The Hall–Kier alpha value is -2.92. The molecule has 9 nitrogen and oxygen atoms in total. The summed E-state index contributed by atoms with van der Waals surface area (Å²) in [6, 6.07) is 3.05. The van der Waals surface area contributed by atoms with Gasteiger partial charge in [0.1, 0.15) is 5.82 Å². The molecular weight excluding hydrogens is 417 g/mol. The lowest BCUT2D eigenvalue weighted by Gasteiger charge is -2.31. The molecule has 1 aliphatic heterocycles. The van der Waals surface area contributed by atoms with Crippen molar-refractivity contribution in [2.75, 3.05) is 24.6 Å². The van der Waals surface area contributed by atoms with Gasteiger partial charge < -0.3 is 15.0 Å².